The molecule has 9 heteroatoms. The number of Topliss-reactive ketones (excluding diaryl/α,β-unsaturated/α-hetero) is 1. The quantitative estimate of drug-likeness (QED) is 0.661. The molecule has 3 heterocycles. The van der Waals surface area contributed by atoms with Crippen LogP contribution in [-0.4, -0.2) is 52.5 Å². The summed E-state index contributed by atoms with van der Waals surface area (Å²) in [5.41, 5.74) is 3.39. The number of pyridine rings is 1. The lowest BCUT2D eigenvalue weighted by Crippen LogP contribution is -2.36. The van der Waals surface area contributed by atoms with E-state index in [-0.39, 0.29) is 24.5 Å². The molecule has 0 spiro atoms. The number of ketones is 1. The first-order valence-corrected chi connectivity index (χ1v) is 10.9. The third kappa shape index (κ3) is 5.01. The molecule has 1 atom stereocenters. The molecule has 0 saturated carbocycles. The van der Waals surface area contributed by atoms with E-state index in [0.29, 0.717) is 23.2 Å². The Balaban J connectivity index is 1.44. The van der Waals surface area contributed by atoms with E-state index >= 15 is 0 Å². The molecule has 0 radical (unpaired) electrons. The number of aromatic nitrogens is 1. The fourth-order valence-corrected chi connectivity index (χ4v) is 4.22. The first-order valence-electron chi connectivity index (χ1n) is 10.9. The summed E-state index contributed by atoms with van der Waals surface area (Å²) in [7, 11) is 0. The zero-order valence-corrected chi connectivity index (χ0v) is 18.3. The first kappa shape index (κ1) is 23.2. The summed E-state index contributed by atoms with van der Waals surface area (Å²) >= 11 is 0. The predicted octanol–water partition coefficient (Wildman–Crippen LogP) is 3.26. The number of nitrogens with one attached hydrogen (secondary N) is 1. The number of hydrogen-bond donors (Lipinski definition) is 1. The maximum atomic E-state index is 13.6. The molecule has 7 nitrogen and oxygen atoms in total. The second-order valence-corrected chi connectivity index (χ2v) is 8.37. The van der Waals surface area contributed by atoms with Gasteiger partial charge in [-0.05, 0) is 29.7 Å². The van der Waals surface area contributed by atoms with E-state index in [1.54, 1.807) is 24.3 Å². The number of carbonyl (C=O) groups is 3. The number of carbonyl (C=O) groups excluding carboxylic acids is 3. The number of likely N-dealkylation sites (tertiary alicyclic amines) is 1. The molecule has 2 aliphatic heterocycles. The highest BCUT2D eigenvalue weighted by atomic mass is 19.3. The lowest BCUT2D eigenvalue weighted by molar-refractivity contribution is -0.132. The number of nitrogens with zero attached hydrogens (tertiary/aromatic N) is 3. The van der Waals surface area contributed by atoms with Crippen LogP contribution in [0.4, 0.5) is 8.78 Å². The zero-order chi connectivity index (χ0) is 24.3. The molecule has 1 fully saturated rings. The standard InChI is InChI=1S/C25H22F2N4O3/c26-25(27)12-19(13-28)31(15-25)23(33)6-5-22(32)20-8-9-29-14-18(20)3-1-16-2-4-21-17(11-16)7-10-30-24(21)34/h1-4,8-9,11,14,19H,5-7,10,12,15H2,(H,30,34)/b3-1+/t19-/m0/s1. The fourth-order valence-electron chi connectivity index (χ4n) is 4.22. The van der Waals surface area contributed by atoms with Crippen molar-refractivity contribution in [1.29, 1.82) is 5.26 Å². The second kappa shape index (κ2) is 9.51. The van der Waals surface area contributed by atoms with Crippen LogP contribution in [0.5, 0.6) is 0 Å². The van der Waals surface area contributed by atoms with Gasteiger partial charge >= 0.3 is 0 Å². The monoisotopic (exact) mass is 464 g/mol. The molecular formula is C25H22F2N4O3. The van der Waals surface area contributed by atoms with Crippen molar-refractivity contribution >= 4 is 29.7 Å². The van der Waals surface area contributed by atoms with Crippen molar-refractivity contribution in [3.05, 3.63) is 64.5 Å². The van der Waals surface area contributed by atoms with Gasteiger partial charge in [-0.2, -0.15) is 5.26 Å². The van der Waals surface area contributed by atoms with Gasteiger partial charge in [-0.1, -0.05) is 24.3 Å². The highest BCUT2D eigenvalue weighted by Gasteiger charge is 2.47. The summed E-state index contributed by atoms with van der Waals surface area (Å²) in [6, 6.07) is 7.61. The SMILES string of the molecule is N#C[C@@H]1CC(F)(F)CN1C(=O)CCC(=O)c1ccncc1/C=C/c1ccc2c(c1)CCNC2=O. The molecule has 2 aliphatic rings. The fraction of sp³-hybridized carbons (Fsp3) is 0.320. The molecule has 0 bridgehead atoms. The normalized spacial score (nSPS) is 18.9. The Kier molecular flexibility index (Phi) is 6.50. The van der Waals surface area contributed by atoms with Crippen LogP contribution in [0.25, 0.3) is 12.2 Å². The van der Waals surface area contributed by atoms with Crippen LogP contribution in [0.3, 0.4) is 0 Å². The van der Waals surface area contributed by atoms with Gasteiger partial charge in [-0.25, -0.2) is 8.78 Å². The minimum Gasteiger partial charge on any atom is -0.352 e. The summed E-state index contributed by atoms with van der Waals surface area (Å²) in [5, 5.41) is 11.9. The average Bonchev–Trinajstić information content (AvgIpc) is 3.16. The van der Waals surface area contributed by atoms with E-state index < -0.39 is 30.8 Å². The number of fused-ring (bicyclic) bond motifs is 1. The summed E-state index contributed by atoms with van der Waals surface area (Å²) < 4.78 is 27.2. The van der Waals surface area contributed by atoms with Crippen LogP contribution < -0.4 is 5.32 Å². The van der Waals surface area contributed by atoms with E-state index in [1.165, 1.54) is 12.4 Å². The number of alkyl halides is 2. The number of rotatable bonds is 6. The summed E-state index contributed by atoms with van der Waals surface area (Å²) in [4.78, 5) is 42.0. The molecule has 0 unspecified atom stereocenters. The van der Waals surface area contributed by atoms with Crippen LogP contribution in [0.2, 0.25) is 0 Å². The van der Waals surface area contributed by atoms with Gasteiger partial charge in [0.2, 0.25) is 5.91 Å². The lowest BCUT2D eigenvalue weighted by atomic mass is 9.97. The van der Waals surface area contributed by atoms with Crippen LogP contribution in [-0.2, 0) is 11.2 Å². The molecule has 2 aromatic rings. The van der Waals surface area contributed by atoms with Gasteiger partial charge < -0.3 is 10.2 Å². The molecule has 34 heavy (non-hydrogen) atoms. The molecule has 1 saturated heterocycles. The minimum atomic E-state index is -3.09. The highest BCUT2D eigenvalue weighted by Crippen LogP contribution is 2.32. The molecule has 1 aromatic heterocycles. The van der Waals surface area contributed by atoms with Crippen molar-refractivity contribution in [3.63, 3.8) is 0 Å². The maximum Gasteiger partial charge on any atom is 0.268 e. The molecule has 174 valence electrons. The van der Waals surface area contributed by atoms with Gasteiger partial charge in [-0.3, -0.25) is 19.4 Å². The van der Waals surface area contributed by atoms with E-state index in [9.17, 15) is 23.2 Å². The number of halogens is 2. The van der Waals surface area contributed by atoms with Gasteiger partial charge in [0.05, 0.1) is 12.6 Å². The summed E-state index contributed by atoms with van der Waals surface area (Å²) in [6.45, 7) is -0.215. The second-order valence-electron chi connectivity index (χ2n) is 8.37. The van der Waals surface area contributed by atoms with Gasteiger partial charge in [0.25, 0.3) is 11.8 Å². The highest BCUT2D eigenvalue weighted by molar-refractivity contribution is 6.01. The summed E-state index contributed by atoms with van der Waals surface area (Å²) in [5.74, 6) is -4.15. The first-order chi connectivity index (χ1) is 16.3. The molecule has 2 amide bonds. The lowest BCUT2D eigenvalue weighted by Gasteiger charge is -2.18. The zero-order valence-electron chi connectivity index (χ0n) is 18.3. The predicted molar refractivity (Wildman–Crippen MR) is 120 cm³/mol. The number of amides is 2. The molecular weight excluding hydrogens is 442 g/mol. The largest absolute Gasteiger partial charge is 0.352 e. The number of nitriles is 1. The molecule has 1 N–H and O–H groups in total. The smallest absolute Gasteiger partial charge is 0.268 e. The Morgan fingerprint density at radius 3 is 2.88 bits per heavy atom. The Bertz CT molecular complexity index is 1220. The van der Waals surface area contributed by atoms with Gasteiger partial charge in [0.1, 0.15) is 6.04 Å². The third-order valence-electron chi connectivity index (χ3n) is 5.97. The Labute approximate surface area is 195 Å². The Morgan fingerprint density at radius 2 is 2.09 bits per heavy atom. The van der Waals surface area contributed by atoms with E-state index in [1.807, 2.05) is 18.2 Å². The van der Waals surface area contributed by atoms with Crippen LogP contribution in [0.1, 0.15) is 56.7 Å². The van der Waals surface area contributed by atoms with E-state index in [4.69, 9.17) is 5.26 Å². The molecule has 1 aromatic carbocycles. The summed E-state index contributed by atoms with van der Waals surface area (Å²) in [6.07, 6.45) is 6.18. The topological polar surface area (TPSA) is 103 Å². The maximum absolute atomic E-state index is 13.6. The van der Waals surface area contributed by atoms with Crippen LogP contribution in [0.15, 0.2) is 36.7 Å². The van der Waals surface area contributed by atoms with Gasteiger partial charge in [0.15, 0.2) is 5.78 Å². The molecule has 0 aliphatic carbocycles. The van der Waals surface area contributed by atoms with Gasteiger partial charge in [-0.15, -0.1) is 0 Å². The van der Waals surface area contributed by atoms with Crippen molar-refractivity contribution in [2.24, 2.45) is 0 Å². The number of hydrogen-bond acceptors (Lipinski definition) is 5. The van der Waals surface area contributed by atoms with Crippen molar-refractivity contribution < 1.29 is 23.2 Å². The minimum absolute atomic E-state index is 0.0924. The van der Waals surface area contributed by atoms with Crippen molar-refractivity contribution in [3.8, 4) is 6.07 Å². The average molecular weight is 464 g/mol. The number of benzene rings is 1. The van der Waals surface area contributed by atoms with Crippen molar-refractivity contribution in [2.45, 2.75) is 37.6 Å². The van der Waals surface area contributed by atoms with E-state index in [2.05, 4.69) is 10.3 Å². The molecule has 4 rings (SSSR count). The van der Waals surface area contributed by atoms with E-state index in [0.717, 1.165) is 22.4 Å². The van der Waals surface area contributed by atoms with Crippen molar-refractivity contribution in [2.75, 3.05) is 13.1 Å². The Hall–Kier alpha value is -3.93. The van der Waals surface area contributed by atoms with Gasteiger partial charge in [0, 0.05) is 54.9 Å². The van der Waals surface area contributed by atoms with Crippen molar-refractivity contribution in [1.82, 2.24) is 15.2 Å². The van der Waals surface area contributed by atoms with Crippen LogP contribution in [0, 0.1) is 11.3 Å². The Morgan fingerprint density at radius 1 is 1.26 bits per heavy atom. The third-order valence-corrected chi connectivity index (χ3v) is 5.97. The van der Waals surface area contributed by atoms with Crippen LogP contribution >= 0.6 is 0 Å².